The largest absolute Gasteiger partial charge is 0.481 e. The van der Waals surface area contributed by atoms with Crippen molar-refractivity contribution in [1.82, 2.24) is 5.32 Å². The first-order valence-electron chi connectivity index (χ1n) is 5.61. The minimum Gasteiger partial charge on any atom is -0.481 e. The van der Waals surface area contributed by atoms with E-state index in [1.54, 1.807) is 20.8 Å². The highest BCUT2D eigenvalue weighted by molar-refractivity contribution is 5.72. The number of halogens is 2. The number of rotatable bonds is 2. The quantitative estimate of drug-likeness (QED) is 0.800. The smallest absolute Gasteiger partial charge is 0.408 e. The van der Waals surface area contributed by atoms with Gasteiger partial charge in [-0.15, -0.1) is 0 Å². The predicted molar refractivity (Wildman–Crippen MR) is 58.5 cm³/mol. The molecule has 1 saturated carbocycles. The highest BCUT2D eigenvalue weighted by atomic mass is 19.3. The first-order valence-corrected chi connectivity index (χ1v) is 5.61. The molecule has 0 aliphatic heterocycles. The summed E-state index contributed by atoms with van der Waals surface area (Å²) in [6.45, 7) is 4.83. The number of aliphatic carboxylic acids is 1. The number of carboxylic acid groups (broad SMARTS) is 1. The van der Waals surface area contributed by atoms with Gasteiger partial charge in [-0.2, -0.15) is 0 Å². The van der Waals surface area contributed by atoms with Crippen LogP contribution >= 0.6 is 0 Å². The van der Waals surface area contributed by atoms with Gasteiger partial charge in [-0.25, -0.2) is 13.6 Å². The normalized spacial score (nSPS) is 26.7. The summed E-state index contributed by atoms with van der Waals surface area (Å²) >= 11 is 0. The van der Waals surface area contributed by atoms with Crippen molar-refractivity contribution in [3.8, 4) is 0 Å². The van der Waals surface area contributed by atoms with E-state index in [-0.39, 0.29) is 6.42 Å². The van der Waals surface area contributed by atoms with E-state index in [1.165, 1.54) is 0 Å². The van der Waals surface area contributed by atoms with Crippen LogP contribution in [0.5, 0.6) is 0 Å². The average molecular weight is 265 g/mol. The summed E-state index contributed by atoms with van der Waals surface area (Å²) in [5, 5.41) is 10.7. The van der Waals surface area contributed by atoms with Crippen molar-refractivity contribution in [3.05, 3.63) is 0 Å². The molecule has 2 atom stereocenters. The Morgan fingerprint density at radius 2 is 1.94 bits per heavy atom. The van der Waals surface area contributed by atoms with Crippen molar-refractivity contribution < 1.29 is 28.2 Å². The molecule has 0 radical (unpaired) electrons. The summed E-state index contributed by atoms with van der Waals surface area (Å²) in [5.74, 6) is -5.64. The van der Waals surface area contributed by atoms with Gasteiger partial charge < -0.3 is 15.2 Å². The molecule has 1 aliphatic carbocycles. The van der Waals surface area contributed by atoms with Crippen LogP contribution in [0.2, 0.25) is 0 Å². The Kier molecular flexibility index (Phi) is 3.83. The molecular weight excluding hydrogens is 248 g/mol. The van der Waals surface area contributed by atoms with Crippen molar-refractivity contribution in [3.63, 3.8) is 0 Å². The Morgan fingerprint density at radius 3 is 2.33 bits per heavy atom. The molecule has 0 aromatic carbocycles. The molecule has 0 bridgehead atoms. The van der Waals surface area contributed by atoms with E-state index in [4.69, 9.17) is 9.84 Å². The van der Waals surface area contributed by atoms with E-state index in [0.717, 1.165) is 0 Å². The molecule has 0 saturated heterocycles. The van der Waals surface area contributed by atoms with Crippen LogP contribution in [0, 0.1) is 5.92 Å². The monoisotopic (exact) mass is 265 g/mol. The van der Waals surface area contributed by atoms with E-state index in [9.17, 15) is 18.4 Å². The van der Waals surface area contributed by atoms with E-state index in [2.05, 4.69) is 0 Å². The lowest BCUT2D eigenvalue weighted by Gasteiger charge is -2.24. The lowest BCUT2D eigenvalue weighted by atomic mass is 10.1. The van der Waals surface area contributed by atoms with Gasteiger partial charge in [0, 0.05) is 6.42 Å². The number of alkyl halides is 2. The third-order valence-corrected chi connectivity index (χ3v) is 2.59. The highest BCUT2D eigenvalue weighted by Crippen LogP contribution is 2.39. The lowest BCUT2D eigenvalue weighted by molar-refractivity contribution is -0.142. The maximum absolute atomic E-state index is 13.5. The minimum atomic E-state index is -3.22. The Morgan fingerprint density at radius 1 is 1.39 bits per heavy atom. The zero-order valence-corrected chi connectivity index (χ0v) is 10.5. The second-order valence-corrected chi connectivity index (χ2v) is 5.43. The number of nitrogens with one attached hydrogen (secondary N) is 1. The van der Waals surface area contributed by atoms with Crippen LogP contribution in [0.1, 0.15) is 33.6 Å². The first kappa shape index (κ1) is 14.7. The molecule has 18 heavy (non-hydrogen) atoms. The molecule has 1 rings (SSSR count). The summed E-state index contributed by atoms with van der Waals surface area (Å²) < 4.78 is 31.8. The van der Waals surface area contributed by atoms with Gasteiger partial charge in [-0.05, 0) is 27.2 Å². The van der Waals surface area contributed by atoms with E-state index in [1.807, 2.05) is 5.32 Å². The molecule has 7 heteroatoms. The Balaban J connectivity index is 2.62. The minimum absolute atomic E-state index is 0.290. The number of hydrogen-bond donors (Lipinski definition) is 2. The third-order valence-electron chi connectivity index (χ3n) is 2.59. The zero-order chi connectivity index (χ0) is 14.1. The van der Waals surface area contributed by atoms with E-state index >= 15 is 0 Å². The van der Waals surface area contributed by atoms with Gasteiger partial charge in [0.15, 0.2) is 0 Å². The Labute approximate surface area is 103 Å². The highest BCUT2D eigenvalue weighted by Gasteiger charge is 2.52. The average Bonchev–Trinajstić information content (AvgIpc) is 2.38. The third kappa shape index (κ3) is 3.82. The summed E-state index contributed by atoms with van der Waals surface area (Å²) in [4.78, 5) is 22.0. The molecule has 2 N–H and O–H groups in total. The van der Waals surface area contributed by atoms with Crippen LogP contribution in [0.3, 0.4) is 0 Å². The number of ether oxygens (including phenoxy) is 1. The van der Waals surface area contributed by atoms with Gasteiger partial charge in [0.1, 0.15) is 5.60 Å². The summed E-state index contributed by atoms with van der Waals surface area (Å²) in [7, 11) is 0. The molecule has 2 unspecified atom stereocenters. The van der Waals surface area contributed by atoms with E-state index < -0.39 is 42.0 Å². The number of carbonyl (C=O) groups is 2. The van der Waals surface area contributed by atoms with Crippen molar-refractivity contribution >= 4 is 12.1 Å². The molecular formula is C11H17F2NO4. The van der Waals surface area contributed by atoms with Crippen LogP contribution in [0.25, 0.3) is 0 Å². The molecule has 0 heterocycles. The second kappa shape index (κ2) is 4.70. The lowest BCUT2D eigenvalue weighted by Crippen LogP contribution is -2.45. The topological polar surface area (TPSA) is 75.6 Å². The predicted octanol–water partition coefficient (Wildman–Crippen LogP) is 2.01. The summed E-state index contributed by atoms with van der Waals surface area (Å²) in [5.41, 5.74) is -0.788. The Hall–Kier alpha value is -1.40. The van der Waals surface area contributed by atoms with Gasteiger partial charge in [0.05, 0.1) is 12.0 Å². The van der Waals surface area contributed by atoms with Crippen molar-refractivity contribution in [2.24, 2.45) is 5.92 Å². The van der Waals surface area contributed by atoms with Crippen molar-refractivity contribution in [2.45, 2.75) is 51.2 Å². The zero-order valence-electron chi connectivity index (χ0n) is 10.5. The number of carbonyl (C=O) groups excluding carboxylic acids is 1. The number of amides is 1. The Bertz CT molecular complexity index is 351. The van der Waals surface area contributed by atoms with Gasteiger partial charge in [-0.1, -0.05) is 0 Å². The van der Waals surface area contributed by atoms with Crippen molar-refractivity contribution in [1.29, 1.82) is 0 Å². The summed E-state index contributed by atoms with van der Waals surface area (Å²) in [6.07, 6.45) is -2.01. The standard InChI is InChI=1S/C11H17F2NO4/c1-10(2,3)18-9(17)14-7-4-6(8(15)16)5-11(7,12)13/h6-7H,4-5H2,1-3H3,(H,14,17)(H,15,16). The molecule has 0 spiro atoms. The van der Waals surface area contributed by atoms with Crippen LogP contribution < -0.4 is 5.32 Å². The number of alkyl carbamates (subject to hydrolysis) is 1. The molecule has 104 valence electrons. The van der Waals surface area contributed by atoms with Crippen molar-refractivity contribution in [2.75, 3.05) is 0 Å². The maximum atomic E-state index is 13.5. The van der Waals surface area contributed by atoms with E-state index in [0.29, 0.717) is 0 Å². The van der Waals surface area contributed by atoms with Gasteiger partial charge >= 0.3 is 12.1 Å². The molecule has 1 amide bonds. The van der Waals surface area contributed by atoms with Crippen LogP contribution in [0.4, 0.5) is 13.6 Å². The molecule has 1 fully saturated rings. The van der Waals surface area contributed by atoms with Crippen LogP contribution in [-0.4, -0.2) is 34.7 Å². The fourth-order valence-corrected chi connectivity index (χ4v) is 1.81. The maximum Gasteiger partial charge on any atom is 0.408 e. The fourth-order valence-electron chi connectivity index (χ4n) is 1.81. The molecule has 0 aromatic heterocycles. The van der Waals surface area contributed by atoms with Gasteiger partial charge in [0.2, 0.25) is 0 Å². The van der Waals surface area contributed by atoms with Crippen LogP contribution in [-0.2, 0) is 9.53 Å². The SMILES string of the molecule is CC(C)(C)OC(=O)NC1CC(C(=O)O)CC1(F)F. The first-order chi connectivity index (χ1) is 8.01. The summed E-state index contributed by atoms with van der Waals surface area (Å²) in [6, 6.07) is -1.49. The molecule has 5 nitrogen and oxygen atoms in total. The van der Waals surface area contributed by atoms with Gasteiger partial charge in [-0.3, -0.25) is 4.79 Å². The fraction of sp³-hybridized carbons (Fsp3) is 0.818. The second-order valence-electron chi connectivity index (χ2n) is 5.43. The van der Waals surface area contributed by atoms with Gasteiger partial charge in [0.25, 0.3) is 5.92 Å². The molecule has 1 aliphatic rings. The number of carboxylic acids is 1. The molecule has 0 aromatic rings. The van der Waals surface area contributed by atoms with Crippen LogP contribution in [0.15, 0.2) is 0 Å². The number of hydrogen-bond acceptors (Lipinski definition) is 3.